The molecule has 1 aromatic heterocycles. The molecule has 68 valence electrons. The van der Waals surface area contributed by atoms with E-state index < -0.39 is 0 Å². The molecule has 0 saturated carbocycles. The van der Waals surface area contributed by atoms with E-state index in [4.69, 9.17) is 4.74 Å². The topological polar surface area (TPSA) is 9.23 Å². The minimum atomic E-state index is 0.552. The van der Waals surface area contributed by atoms with Gasteiger partial charge in [-0.3, -0.25) is 0 Å². The summed E-state index contributed by atoms with van der Waals surface area (Å²) in [5, 5.41) is 2.12. The molecule has 0 aliphatic heterocycles. The molecular formula is C9H13BrOS. The second-order valence-corrected chi connectivity index (χ2v) is 4.99. The molecule has 3 heteroatoms. The first-order chi connectivity index (χ1) is 5.83. The Kier molecular flexibility index (Phi) is 4.88. The lowest BCUT2D eigenvalue weighted by molar-refractivity contribution is 0.195. The van der Waals surface area contributed by atoms with E-state index in [2.05, 4.69) is 33.4 Å². The Hall–Kier alpha value is 0.140. The zero-order valence-corrected chi connectivity index (χ0v) is 9.53. The SMILES string of the molecule is COCCC(Br)Cc1cccs1. The van der Waals surface area contributed by atoms with Crippen LogP contribution in [0.15, 0.2) is 17.5 Å². The first kappa shape index (κ1) is 10.2. The predicted molar refractivity (Wildman–Crippen MR) is 57.2 cm³/mol. The third kappa shape index (κ3) is 3.70. The van der Waals surface area contributed by atoms with E-state index in [9.17, 15) is 0 Å². The summed E-state index contributed by atoms with van der Waals surface area (Å²) in [6.45, 7) is 0.835. The van der Waals surface area contributed by atoms with Crippen molar-refractivity contribution >= 4 is 27.3 Å². The van der Waals surface area contributed by atoms with Crippen LogP contribution < -0.4 is 0 Å². The summed E-state index contributed by atoms with van der Waals surface area (Å²) in [5.41, 5.74) is 0. The molecule has 0 bridgehead atoms. The highest BCUT2D eigenvalue weighted by molar-refractivity contribution is 9.09. The van der Waals surface area contributed by atoms with Gasteiger partial charge in [0, 0.05) is 23.4 Å². The highest BCUT2D eigenvalue weighted by atomic mass is 79.9. The first-order valence-corrected chi connectivity index (χ1v) is 5.78. The molecule has 0 aliphatic rings. The molecule has 1 unspecified atom stereocenters. The zero-order valence-electron chi connectivity index (χ0n) is 7.13. The van der Waals surface area contributed by atoms with Crippen LogP contribution in [0.2, 0.25) is 0 Å². The van der Waals surface area contributed by atoms with Crippen molar-refractivity contribution in [3.63, 3.8) is 0 Å². The second-order valence-electron chi connectivity index (χ2n) is 2.66. The summed E-state index contributed by atoms with van der Waals surface area (Å²) in [4.78, 5) is 1.99. The van der Waals surface area contributed by atoms with Gasteiger partial charge < -0.3 is 4.74 Å². The largest absolute Gasteiger partial charge is 0.385 e. The third-order valence-electron chi connectivity index (χ3n) is 1.64. The van der Waals surface area contributed by atoms with Crippen LogP contribution in [0.3, 0.4) is 0 Å². The fourth-order valence-electron chi connectivity index (χ4n) is 0.995. The highest BCUT2D eigenvalue weighted by Crippen LogP contribution is 2.17. The van der Waals surface area contributed by atoms with Gasteiger partial charge in [0.2, 0.25) is 0 Å². The number of ether oxygens (including phenoxy) is 1. The normalized spacial score (nSPS) is 13.2. The first-order valence-electron chi connectivity index (χ1n) is 3.98. The molecule has 0 saturated heterocycles. The Labute approximate surface area is 85.9 Å². The molecule has 1 atom stereocenters. The van der Waals surface area contributed by atoms with Crippen LogP contribution in [0.5, 0.6) is 0 Å². The second kappa shape index (κ2) is 5.73. The number of rotatable bonds is 5. The van der Waals surface area contributed by atoms with E-state index in [1.165, 1.54) is 4.88 Å². The lowest BCUT2D eigenvalue weighted by Crippen LogP contribution is -2.05. The predicted octanol–water partition coefficient (Wildman–Crippen LogP) is 3.09. The average molecular weight is 249 g/mol. The number of hydrogen-bond acceptors (Lipinski definition) is 2. The maximum absolute atomic E-state index is 5.01. The molecule has 1 nitrogen and oxygen atoms in total. The monoisotopic (exact) mass is 248 g/mol. The number of hydrogen-bond donors (Lipinski definition) is 0. The minimum absolute atomic E-state index is 0.552. The van der Waals surface area contributed by atoms with E-state index in [1.54, 1.807) is 7.11 Å². The highest BCUT2D eigenvalue weighted by Gasteiger charge is 2.05. The molecule has 1 aromatic rings. The van der Waals surface area contributed by atoms with Crippen LogP contribution in [0, 0.1) is 0 Å². The third-order valence-corrected chi connectivity index (χ3v) is 3.32. The van der Waals surface area contributed by atoms with Gasteiger partial charge in [0.1, 0.15) is 0 Å². The average Bonchev–Trinajstić information content (AvgIpc) is 2.53. The van der Waals surface area contributed by atoms with Gasteiger partial charge in [-0.1, -0.05) is 22.0 Å². The van der Waals surface area contributed by atoms with E-state index in [0.29, 0.717) is 4.83 Å². The molecule has 0 aliphatic carbocycles. The van der Waals surface area contributed by atoms with Crippen LogP contribution in [0.25, 0.3) is 0 Å². The van der Waals surface area contributed by atoms with Gasteiger partial charge in [-0.25, -0.2) is 0 Å². The van der Waals surface area contributed by atoms with Gasteiger partial charge in [0.05, 0.1) is 0 Å². The van der Waals surface area contributed by atoms with Crippen LogP contribution >= 0.6 is 27.3 Å². The van der Waals surface area contributed by atoms with E-state index in [-0.39, 0.29) is 0 Å². The number of alkyl halides is 1. The van der Waals surface area contributed by atoms with Gasteiger partial charge in [0.25, 0.3) is 0 Å². The van der Waals surface area contributed by atoms with Crippen molar-refractivity contribution in [2.24, 2.45) is 0 Å². The summed E-state index contributed by atoms with van der Waals surface area (Å²) in [7, 11) is 1.74. The minimum Gasteiger partial charge on any atom is -0.385 e. The Morgan fingerprint density at radius 1 is 1.67 bits per heavy atom. The van der Waals surface area contributed by atoms with Crippen molar-refractivity contribution in [2.45, 2.75) is 17.7 Å². The van der Waals surface area contributed by atoms with E-state index in [1.807, 2.05) is 11.3 Å². The zero-order chi connectivity index (χ0) is 8.81. The fourth-order valence-corrected chi connectivity index (χ4v) is 2.53. The molecule has 0 spiro atoms. The number of methoxy groups -OCH3 is 1. The number of thiophene rings is 1. The molecular weight excluding hydrogens is 236 g/mol. The Morgan fingerprint density at radius 2 is 2.50 bits per heavy atom. The molecule has 0 fully saturated rings. The molecule has 0 radical (unpaired) electrons. The molecule has 0 N–H and O–H groups in total. The van der Waals surface area contributed by atoms with Crippen molar-refractivity contribution < 1.29 is 4.74 Å². The fraction of sp³-hybridized carbons (Fsp3) is 0.556. The van der Waals surface area contributed by atoms with Gasteiger partial charge in [0.15, 0.2) is 0 Å². The van der Waals surface area contributed by atoms with E-state index in [0.717, 1.165) is 19.4 Å². The molecule has 0 aromatic carbocycles. The van der Waals surface area contributed by atoms with Gasteiger partial charge >= 0.3 is 0 Å². The smallest absolute Gasteiger partial charge is 0.0473 e. The summed E-state index contributed by atoms with van der Waals surface area (Å²) in [6, 6.07) is 4.27. The quantitative estimate of drug-likeness (QED) is 0.728. The van der Waals surface area contributed by atoms with Crippen LogP contribution in [-0.4, -0.2) is 18.5 Å². The summed E-state index contributed by atoms with van der Waals surface area (Å²) in [5.74, 6) is 0. The summed E-state index contributed by atoms with van der Waals surface area (Å²) in [6.07, 6.45) is 2.19. The van der Waals surface area contributed by atoms with E-state index >= 15 is 0 Å². The lowest BCUT2D eigenvalue weighted by Gasteiger charge is -2.06. The van der Waals surface area contributed by atoms with Crippen molar-refractivity contribution in [1.82, 2.24) is 0 Å². The van der Waals surface area contributed by atoms with Crippen molar-refractivity contribution in [3.05, 3.63) is 22.4 Å². The summed E-state index contributed by atoms with van der Waals surface area (Å²) >= 11 is 5.44. The maximum Gasteiger partial charge on any atom is 0.0473 e. The lowest BCUT2D eigenvalue weighted by atomic mass is 10.2. The summed E-state index contributed by atoms with van der Waals surface area (Å²) < 4.78 is 5.01. The molecule has 12 heavy (non-hydrogen) atoms. The molecule has 1 heterocycles. The standard InChI is InChI=1S/C9H13BrOS/c1-11-5-4-8(10)7-9-3-2-6-12-9/h2-3,6,8H,4-5,7H2,1H3. The molecule has 0 amide bonds. The number of halogens is 1. The Morgan fingerprint density at radius 3 is 3.08 bits per heavy atom. The van der Waals surface area contributed by atoms with Crippen molar-refractivity contribution in [3.8, 4) is 0 Å². The van der Waals surface area contributed by atoms with Gasteiger partial charge in [-0.05, 0) is 24.3 Å². The Bertz CT molecular complexity index is 198. The van der Waals surface area contributed by atoms with Crippen LogP contribution in [-0.2, 0) is 11.2 Å². The van der Waals surface area contributed by atoms with Gasteiger partial charge in [-0.15, -0.1) is 11.3 Å². The van der Waals surface area contributed by atoms with Crippen molar-refractivity contribution in [1.29, 1.82) is 0 Å². The van der Waals surface area contributed by atoms with Gasteiger partial charge in [-0.2, -0.15) is 0 Å². The molecule has 1 rings (SSSR count). The maximum atomic E-state index is 5.01. The Balaban J connectivity index is 2.22. The van der Waals surface area contributed by atoms with Crippen LogP contribution in [0.4, 0.5) is 0 Å². The van der Waals surface area contributed by atoms with Crippen LogP contribution in [0.1, 0.15) is 11.3 Å². The van der Waals surface area contributed by atoms with Crippen molar-refractivity contribution in [2.75, 3.05) is 13.7 Å².